The van der Waals surface area contributed by atoms with Gasteiger partial charge in [0.05, 0.1) is 0 Å². The Kier molecular flexibility index (Phi) is 3.74. The van der Waals surface area contributed by atoms with E-state index in [9.17, 15) is 4.79 Å². The molecule has 1 atom stereocenters. The fourth-order valence-corrected chi connectivity index (χ4v) is 3.14. The molecule has 2 aliphatic rings. The number of hydrogen-bond donors (Lipinski definition) is 0. The maximum Gasteiger partial charge on any atom is 0.254 e. The van der Waals surface area contributed by atoms with Crippen LogP contribution in [-0.2, 0) is 9.53 Å². The first-order valence-electron chi connectivity index (χ1n) is 7.39. The van der Waals surface area contributed by atoms with Crippen molar-refractivity contribution in [2.45, 2.75) is 50.5 Å². The summed E-state index contributed by atoms with van der Waals surface area (Å²) in [7, 11) is 0. The van der Waals surface area contributed by atoms with E-state index in [0.29, 0.717) is 12.5 Å². The van der Waals surface area contributed by atoms with Gasteiger partial charge in [-0.2, -0.15) is 4.98 Å². The number of amides is 1. The van der Waals surface area contributed by atoms with Crippen molar-refractivity contribution in [1.29, 1.82) is 0 Å². The Morgan fingerprint density at radius 3 is 2.80 bits per heavy atom. The molecule has 0 aromatic carbocycles. The lowest BCUT2D eigenvalue weighted by molar-refractivity contribution is -0.163. The number of aromatic nitrogens is 2. The van der Waals surface area contributed by atoms with Gasteiger partial charge in [0.25, 0.3) is 5.91 Å². The van der Waals surface area contributed by atoms with Crippen molar-refractivity contribution in [2.75, 3.05) is 19.7 Å². The molecule has 20 heavy (non-hydrogen) atoms. The summed E-state index contributed by atoms with van der Waals surface area (Å²) < 4.78 is 10.5. The Balaban J connectivity index is 1.59. The predicted octanol–water partition coefficient (Wildman–Crippen LogP) is 1.73. The monoisotopic (exact) mass is 279 g/mol. The number of ether oxygens (including phenoxy) is 1. The Morgan fingerprint density at radius 2 is 2.20 bits per heavy atom. The van der Waals surface area contributed by atoms with E-state index in [2.05, 4.69) is 10.1 Å². The molecular weight excluding hydrogens is 258 g/mol. The van der Waals surface area contributed by atoms with Gasteiger partial charge in [-0.15, -0.1) is 0 Å². The van der Waals surface area contributed by atoms with Crippen LogP contribution in [-0.4, -0.2) is 46.2 Å². The summed E-state index contributed by atoms with van der Waals surface area (Å²) in [6.07, 6.45) is 6.10. The molecule has 1 aromatic rings. The first-order valence-corrected chi connectivity index (χ1v) is 7.39. The molecule has 0 unspecified atom stereocenters. The Bertz CT molecular complexity index is 446. The topological polar surface area (TPSA) is 68.5 Å². The molecule has 1 amide bonds. The molecule has 2 saturated heterocycles. The first-order chi connectivity index (χ1) is 9.69. The summed E-state index contributed by atoms with van der Waals surface area (Å²) in [6.45, 7) is 4.12. The molecule has 6 nitrogen and oxygen atoms in total. The second-order valence-electron chi connectivity index (χ2n) is 5.89. The van der Waals surface area contributed by atoms with Gasteiger partial charge in [0.15, 0.2) is 5.82 Å². The maximum absolute atomic E-state index is 12.6. The van der Waals surface area contributed by atoms with Gasteiger partial charge in [-0.05, 0) is 39.0 Å². The van der Waals surface area contributed by atoms with Crippen LogP contribution >= 0.6 is 0 Å². The minimum absolute atomic E-state index is 0.142. The highest BCUT2D eigenvalue weighted by atomic mass is 16.5. The molecule has 0 N–H and O–H groups in total. The predicted molar refractivity (Wildman–Crippen MR) is 71.1 cm³/mol. The Morgan fingerprint density at radius 1 is 1.40 bits per heavy atom. The zero-order chi connectivity index (χ0) is 14.0. The standard InChI is InChI=1S/C14H21N3O3/c1-14(6-2-3-9-19-14)13(18)17-7-4-11(5-8-17)12-15-10-20-16-12/h10-11H,2-9H2,1H3/t14-/m1/s1. The van der Waals surface area contributed by atoms with Gasteiger partial charge in [0.1, 0.15) is 5.60 Å². The number of piperidine rings is 1. The number of carbonyl (C=O) groups is 1. The molecule has 3 heterocycles. The van der Waals surface area contributed by atoms with Gasteiger partial charge in [0, 0.05) is 25.6 Å². The summed E-state index contributed by atoms with van der Waals surface area (Å²) in [5.41, 5.74) is -0.614. The zero-order valence-corrected chi connectivity index (χ0v) is 11.9. The van der Waals surface area contributed by atoms with Gasteiger partial charge < -0.3 is 14.2 Å². The van der Waals surface area contributed by atoms with Gasteiger partial charge in [-0.1, -0.05) is 5.16 Å². The molecule has 1 aromatic heterocycles. The van der Waals surface area contributed by atoms with E-state index in [1.54, 1.807) is 0 Å². The van der Waals surface area contributed by atoms with Crippen molar-refractivity contribution in [3.05, 3.63) is 12.2 Å². The molecule has 6 heteroatoms. The van der Waals surface area contributed by atoms with Crippen molar-refractivity contribution in [3.8, 4) is 0 Å². The van der Waals surface area contributed by atoms with Crippen molar-refractivity contribution in [1.82, 2.24) is 15.0 Å². The van der Waals surface area contributed by atoms with Crippen LogP contribution < -0.4 is 0 Å². The van der Waals surface area contributed by atoms with Crippen LogP contribution in [0, 0.1) is 0 Å². The Hall–Kier alpha value is -1.43. The van der Waals surface area contributed by atoms with Gasteiger partial charge in [0.2, 0.25) is 6.39 Å². The van der Waals surface area contributed by atoms with Crippen molar-refractivity contribution in [2.24, 2.45) is 0 Å². The molecular formula is C14H21N3O3. The van der Waals surface area contributed by atoms with Crippen LogP contribution in [0.3, 0.4) is 0 Å². The van der Waals surface area contributed by atoms with E-state index in [-0.39, 0.29) is 5.91 Å². The van der Waals surface area contributed by atoms with Crippen molar-refractivity contribution in [3.63, 3.8) is 0 Å². The number of hydrogen-bond acceptors (Lipinski definition) is 5. The molecule has 110 valence electrons. The largest absolute Gasteiger partial charge is 0.365 e. The molecule has 2 fully saturated rings. The summed E-state index contributed by atoms with van der Waals surface area (Å²) >= 11 is 0. The van der Waals surface area contributed by atoms with E-state index >= 15 is 0 Å². The smallest absolute Gasteiger partial charge is 0.254 e. The summed E-state index contributed by atoms with van der Waals surface area (Å²) in [6, 6.07) is 0. The molecule has 3 rings (SSSR count). The molecule has 0 spiro atoms. The Labute approximate surface area is 118 Å². The lowest BCUT2D eigenvalue weighted by Gasteiger charge is -2.39. The molecule has 0 bridgehead atoms. The van der Waals surface area contributed by atoms with E-state index in [1.807, 2.05) is 11.8 Å². The third-order valence-corrected chi connectivity index (χ3v) is 4.45. The van der Waals surface area contributed by atoms with Crippen LogP contribution in [0.2, 0.25) is 0 Å². The fourth-order valence-electron chi connectivity index (χ4n) is 3.14. The van der Waals surface area contributed by atoms with Crippen LogP contribution in [0.4, 0.5) is 0 Å². The molecule has 0 saturated carbocycles. The number of carbonyl (C=O) groups excluding carboxylic acids is 1. The lowest BCUT2D eigenvalue weighted by Crippen LogP contribution is -2.52. The SMILES string of the molecule is C[C@]1(C(=O)N2CCC(c3ncon3)CC2)CCCCO1. The second-order valence-corrected chi connectivity index (χ2v) is 5.89. The van der Waals surface area contributed by atoms with Gasteiger partial charge in [-0.25, -0.2) is 0 Å². The third kappa shape index (κ3) is 2.57. The molecule has 0 aliphatic carbocycles. The highest BCUT2D eigenvalue weighted by Crippen LogP contribution is 2.30. The second kappa shape index (κ2) is 5.52. The molecule has 0 radical (unpaired) electrons. The molecule has 2 aliphatic heterocycles. The highest BCUT2D eigenvalue weighted by molar-refractivity contribution is 5.85. The zero-order valence-electron chi connectivity index (χ0n) is 11.9. The number of nitrogens with zero attached hydrogens (tertiary/aromatic N) is 3. The summed E-state index contributed by atoms with van der Waals surface area (Å²) in [5, 5.41) is 3.90. The maximum atomic E-state index is 12.6. The van der Waals surface area contributed by atoms with Crippen LogP contribution in [0.1, 0.15) is 50.8 Å². The van der Waals surface area contributed by atoms with Crippen LogP contribution in [0.15, 0.2) is 10.9 Å². The average molecular weight is 279 g/mol. The third-order valence-electron chi connectivity index (χ3n) is 4.45. The first kappa shape index (κ1) is 13.5. The quantitative estimate of drug-likeness (QED) is 0.824. The van der Waals surface area contributed by atoms with Gasteiger partial charge in [-0.3, -0.25) is 4.79 Å². The minimum Gasteiger partial charge on any atom is -0.365 e. The summed E-state index contributed by atoms with van der Waals surface area (Å²) in [4.78, 5) is 18.7. The van der Waals surface area contributed by atoms with E-state index < -0.39 is 5.60 Å². The lowest BCUT2D eigenvalue weighted by atomic mass is 9.91. The van der Waals surface area contributed by atoms with Crippen molar-refractivity contribution < 1.29 is 14.1 Å². The van der Waals surface area contributed by atoms with E-state index in [4.69, 9.17) is 9.26 Å². The average Bonchev–Trinajstić information content (AvgIpc) is 3.02. The normalized spacial score (nSPS) is 28.6. The highest BCUT2D eigenvalue weighted by Gasteiger charge is 2.40. The van der Waals surface area contributed by atoms with Crippen molar-refractivity contribution >= 4 is 5.91 Å². The van der Waals surface area contributed by atoms with E-state index in [1.165, 1.54) is 6.39 Å². The van der Waals surface area contributed by atoms with E-state index in [0.717, 1.165) is 51.0 Å². The van der Waals surface area contributed by atoms with Crippen LogP contribution in [0.5, 0.6) is 0 Å². The minimum atomic E-state index is -0.614. The fraction of sp³-hybridized carbons (Fsp3) is 0.786. The number of likely N-dealkylation sites (tertiary alicyclic amines) is 1. The number of rotatable bonds is 2. The van der Waals surface area contributed by atoms with Crippen LogP contribution in [0.25, 0.3) is 0 Å². The summed E-state index contributed by atoms with van der Waals surface area (Å²) in [5.74, 6) is 1.21. The van der Waals surface area contributed by atoms with Gasteiger partial charge >= 0.3 is 0 Å².